The number of nitrogens with zero attached hydrogens (tertiary/aromatic N) is 1. The van der Waals surface area contributed by atoms with Gasteiger partial charge in [-0.05, 0) is 18.1 Å². The van der Waals surface area contributed by atoms with E-state index in [1.807, 2.05) is 0 Å². The lowest BCUT2D eigenvalue weighted by molar-refractivity contribution is 0.473. The summed E-state index contributed by atoms with van der Waals surface area (Å²) in [4.78, 5) is 3.57. The number of pyridine rings is 1. The molecule has 1 atom stereocenters. The predicted octanol–water partition coefficient (Wildman–Crippen LogP) is 2.34. The minimum atomic E-state index is -0.651. The topological polar surface area (TPSA) is 12.9 Å². The fourth-order valence-corrected chi connectivity index (χ4v) is 1.03. The molecule has 0 saturated carbocycles. The van der Waals surface area contributed by atoms with Crippen molar-refractivity contribution in [1.29, 1.82) is 0 Å². The van der Waals surface area contributed by atoms with Crippen LogP contribution in [0.5, 0.6) is 0 Å². The molecule has 0 N–H and O–H groups in total. The van der Waals surface area contributed by atoms with Crippen molar-refractivity contribution in [2.45, 2.75) is 11.8 Å². The second-order valence-corrected chi connectivity index (χ2v) is 3.04. The summed E-state index contributed by atoms with van der Waals surface area (Å²) in [6.45, 7) is -0.649. The van der Waals surface area contributed by atoms with Gasteiger partial charge in [-0.15, -0.1) is 11.6 Å². The summed E-state index contributed by atoms with van der Waals surface area (Å²) < 4.78 is 24.8. The van der Waals surface area contributed by atoms with Gasteiger partial charge in [-0.2, -0.15) is 0 Å². The highest BCUT2D eigenvalue weighted by molar-refractivity contribution is 6.20. The summed E-state index contributed by atoms with van der Waals surface area (Å²) in [5, 5.41) is -0.651. The minimum Gasteiger partial charge on any atom is -0.262 e. The van der Waals surface area contributed by atoms with Crippen molar-refractivity contribution in [3.05, 3.63) is 29.8 Å². The van der Waals surface area contributed by atoms with E-state index in [0.29, 0.717) is 5.56 Å². The lowest BCUT2D eigenvalue weighted by Crippen LogP contribution is -2.06. The van der Waals surface area contributed by atoms with Crippen LogP contribution in [0, 0.1) is 5.82 Å². The van der Waals surface area contributed by atoms with Gasteiger partial charge >= 0.3 is 0 Å². The highest BCUT2D eigenvalue weighted by atomic mass is 35.5. The Balaban J connectivity index is 2.69. The zero-order valence-electron chi connectivity index (χ0n) is 6.30. The lowest BCUT2D eigenvalue weighted by Gasteiger charge is -2.04. The lowest BCUT2D eigenvalue weighted by atomic mass is 10.1. The summed E-state index contributed by atoms with van der Waals surface area (Å²) in [5.74, 6) is -0.434. The van der Waals surface area contributed by atoms with Gasteiger partial charge in [0.25, 0.3) is 0 Å². The Morgan fingerprint density at radius 3 is 2.92 bits per heavy atom. The maximum Gasteiger partial charge on any atom is 0.144 e. The van der Waals surface area contributed by atoms with Crippen LogP contribution in [0.15, 0.2) is 18.5 Å². The van der Waals surface area contributed by atoms with E-state index in [1.165, 1.54) is 12.3 Å². The molecule has 1 heterocycles. The second kappa shape index (κ2) is 4.36. The monoisotopic (exact) mass is 191 g/mol. The van der Waals surface area contributed by atoms with Crippen LogP contribution in [0.1, 0.15) is 5.56 Å². The Bertz CT molecular complexity index is 255. The smallest absolute Gasteiger partial charge is 0.144 e. The first-order chi connectivity index (χ1) is 5.74. The first-order valence-electron chi connectivity index (χ1n) is 3.52. The van der Waals surface area contributed by atoms with Gasteiger partial charge in [-0.3, -0.25) is 4.98 Å². The van der Waals surface area contributed by atoms with Crippen molar-refractivity contribution < 1.29 is 8.78 Å². The molecule has 1 unspecified atom stereocenters. The standard InChI is InChI=1S/C8H8ClF2N/c9-7(4-10)3-6-1-2-12-5-8(6)11/h1-2,5,7H,3-4H2. The van der Waals surface area contributed by atoms with E-state index >= 15 is 0 Å². The Morgan fingerprint density at radius 1 is 1.58 bits per heavy atom. The Kier molecular flexibility index (Phi) is 3.41. The molecule has 0 saturated heterocycles. The van der Waals surface area contributed by atoms with Gasteiger partial charge < -0.3 is 0 Å². The third kappa shape index (κ3) is 2.41. The van der Waals surface area contributed by atoms with Crippen LogP contribution >= 0.6 is 11.6 Å². The summed E-state index contributed by atoms with van der Waals surface area (Å²) >= 11 is 5.51. The first-order valence-corrected chi connectivity index (χ1v) is 3.96. The van der Waals surface area contributed by atoms with Gasteiger partial charge in [0.05, 0.1) is 11.6 Å². The zero-order chi connectivity index (χ0) is 8.97. The Hall–Kier alpha value is -0.700. The fourth-order valence-electron chi connectivity index (χ4n) is 0.863. The van der Waals surface area contributed by atoms with Gasteiger partial charge in [-0.25, -0.2) is 8.78 Å². The maximum atomic E-state index is 12.8. The first kappa shape index (κ1) is 9.39. The highest BCUT2D eigenvalue weighted by Gasteiger charge is 2.08. The molecule has 0 aromatic carbocycles. The summed E-state index contributed by atoms with van der Waals surface area (Å²) in [5.41, 5.74) is 0.405. The molecule has 1 rings (SSSR count). The van der Waals surface area contributed by atoms with E-state index in [2.05, 4.69) is 4.98 Å². The van der Waals surface area contributed by atoms with Crippen LogP contribution in [-0.2, 0) is 6.42 Å². The van der Waals surface area contributed by atoms with Crippen molar-refractivity contribution in [2.75, 3.05) is 6.67 Å². The zero-order valence-corrected chi connectivity index (χ0v) is 7.06. The number of alkyl halides is 2. The molecule has 0 amide bonds. The number of halogens is 3. The number of aromatic nitrogens is 1. The molecular weight excluding hydrogens is 184 g/mol. The molecular formula is C8H8ClF2N. The molecule has 0 bridgehead atoms. The molecule has 1 aromatic heterocycles. The van der Waals surface area contributed by atoms with E-state index in [4.69, 9.17) is 11.6 Å². The molecule has 0 radical (unpaired) electrons. The minimum absolute atomic E-state index is 0.201. The summed E-state index contributed by atoms with van der Waals surface area (Å²) in [6, 6.07) is 1.50. The van der Waals surface area contributed by atoms with Gasteiger partial charge in [0.2, 0.25) is 0 Å². The molecule has 1 aromatic rings. The van der Waals surface area contributed by atoms with E-state index in [0.717, 1.165) is 6.20 Å². The summed E-state index contributed by atoms with van der Waals surface area (Å²) in [6.07, 6.45) is 2.75. The largest absolute Gasteiger partial charge is 0.262 e. The molecule has 4 heteroatoms. The number of rotatable bonds is 3. The Morgan fingerprint density at radius 2 is 2.33 bits per heavy atom. The molecule has 12 heavy (non-hydrogen) atoms. The summed E-state index contributed by atoms with van der Waals surface area (Å²) in [7, 11) is 0. The van der Waals surface area contributed by atoms with Crippen LogP contribution in [-0.4, -0.2) is 17.0 Å². The van der Waals surface area contributed by atoms with Gasteiger partial charge in [0.1, 0.15) is 12.5 Å². The normalized spacial score (nSPS) is 12.9. The van der Waals surface area contributed by atoms with Crippen LogP contribution in [0.25, 0.3) is 0 Å². The van der Waals surface area contributed by atoms with Crippen molar-refractivity contribution >= 4 is 11.6 Å². The predicted molar refractivity (Wildman–Crippen MR) is 43.5 cm³/mol. The van der Waals surface area contributed by atoms with Crippen LogP contribution in [0.4, 0.5) is 8.78 Å². The van der Waals surface area contributed by atoms with Crippen molar-refractivity contribution in [3.63, 3.8) is 0 Å². The van der Waals surface area contributed by atoms with Crippen molar-refractivity contribution in [1.82, 2.24) is 4.98 Å². The van der Waals surface area contributed by atoms with Crippen LogP contribution in [0.2, 0.25) is 0 Å². The van der Waals surface area contributed by atoms with Crippen molar-refractivity contribution in [2.24, 2.45) is 0 Å². The van der Waals surface area contributed by atoms with Gasteiger partial charge in [-0.1, -0.05) is 0 Å². The maximum absolute atomic E-state index is 12.8. The molecule has 0 aliphatic rings. The average Bonchev–Trinajstić information content (AvgIpc) is 2.09. The number of hydrogen-bond acceptors (Lipinski definition) is 1. The third-order valence-electron chi connectivity index (χ3n) is 1.47. The van der Waals surface area contributed by atoms with E-state index in [1.54, 1.807) is 0 Å². The molecule has 0 aliphatic heterocycles. The number of hydrogen-bond donors (Lipinski definition) is 0. The molecule has 1 nitrogen and oxygen atoms in total. The van der Waals surface area contributed by atoms with Crippen molar-refractivity contribution in [3.8, 4) is 0 Å². The van der Waals surface area contributed by atoms with E-state index in [-0.39, 0.29) is 6.42 Å². The quantitative estimate of drug-likeness (QED) is 0.669. The molecule has 0 spiro atoms. The Labute approximate surface area is 74.4 Å². The second-order valence-electron chi connectivity index (χ2n) is 2.42. The van der Waals surface area contributed by atoms with Gasteiger partial charge in [0, 0.05) is 6.20 Å². The van der Waals surface area contributed by atoms with Crippen LogP contribution in [0.3, 0.4) is 0 Å². The molecule has 0 fully saturated rings. The van der Waals surface area contributed by atoms with E-state index < -0.39 is 17.9 Å². The SMILES string of the molecule is FCC(Cl)Cc1ccncc1F. The average molecular weight is 192 g/mol. The van der Waals surface area contributed by atoms with E-state index in [9.17, 15) is 8.78 Å². The highest BCUT2D eigenvalue weighted by Crippen LogP contribution is 2.11. The molecule has 66 valence electrons. The third-order valence-corrected chi connectivity index (χ3v) is 1.74. The van der Waals surface area contributed by atoms with Crippen LogP contribution < -0.4 is 0 Å². The fraction of sp³-hybridized carbons (Fsp3) is 0.375. The molecule has 0 aliphatic carbocycles. The van der Waals surface area contributed by atoms with Gasteiger partial charge in [0.15, 0.2) is 0 Å².